The molecule has 1 heterocycles. The lowest BCUT2D eigenvalue weighted by atomic mass is 10.1. The highest BCUT2D eigenvalue weighted by molar-refractivity contribution is 6.31. The average molecular weight is 434 g/mol. The topological polar surface area (TPSA) is 51.5 Å². The summed E-state index contributed by atoms with van der Waals surface area (Å²) in [7, 11) is 0. The number of carbonyl (C=O) groups is 1. The Bertz CT molecular complexity index is 1210. The van der Waals surface area contributed by atoms with Crippen LogP contribution in [0.3, 0.4) is 0 Å². The smallest absolute Gasteiger partial charge is 0.352 e. The van der Waals surface area contributed by atoms with Crippen LogP contribution < -0.4 is 4.74 Å². The van der Waals surface area contributed by atoms with Gasteiger partial charge in [0.2, 0.25) is 0 Å². The lowest BCUT2D eigenvalue weighted by Gasteiger charge is -2.10. The molecule has 0 radical (unpaired) electrons. The first-order valence-corrected chi connectivity index (χ1v) is 10.7. The highest BCUT2D eigenvalue weighted by Gasteiger charge is 2.22. The maximum atomic E-state index is 12.3. The molecule has 0 saturated heterocycles. The van der Waals surface area contributed by atoms with Crippen molar-refractivity contribution in [2.24, 2.45) is 0 Å². The molecule has 0 bridgehead atoms. The van der Waals surface area contributed by atoms with Gasteiger partial charge in [-0.05, 0) is 60.7 Å². The Labute approximate surface area is 186 Å². The van der Waals surface area contributed by atoms with Crippen molar-refractivity contribution in [1.29, 1.82) is 0 Å². The van der Waals surface area contributed by atoms with Gasteiger partial charge in [0.15, 0.2) is 0 Å². The van der Waals surface area contributed by atoms with Crippen molar-refractivity contribution in [3.05, 3.63) is 100 Å². The first-order valence-electron chi connectivity index (χ1n) is 10.3. The van der Waals surface area contributed by atoms with Crippen LogP contribution in [0, 0.1) is 6.92 Å². The van der Waals surface area contributed by atoms with Crippen LogP contribution in [-0.2, 0) is 13.0 Å². The van der Waals surface area contributed by atoms with Crippen LogP contribution in [0.25, 0.3) is 10.9 Å². The van der Waals surface area contributed by atoms with Crippen molar-refractivity contribution < 1.29 is 14.6 Å². The number of carboxylic acid groups (broad SMARTS) is 1. The number of halogens is 1. The predicted molar refractivity (Wildman–Crippen MR) is 124 cm³/mol. The lowest BCUT2D eigenvalue weighted by Crippen LogP contribution is -2.12. The minimum absolute atomic E-state index is 0.354. The number of rotatable bonds is 8. The third-order valence-electron chi connectivity index (χ3n) is 5.43. The molecule has 3 aromatic carbocycles. The molecule has 4 nitrogen and oxygen atoms in total. The maximum absolute atomic E-state index is 12.3. The second-order valence-corrected chi connectivity index (χ2v) is 7.99. The summed E-state index contributed by atoms with van der Waals surface area (Å²) in [5.74, 6) is -0.136. The van der Waals surface area contributed by atoms with Gasteiger partial charge in [-0.3, -0.25) is 0 Å². The predicted octanol–water partition coefficient (Wildman–Crippen LogP) is 6.36. The van der Waals surface area contributed by atoms with Gasteiger partial charge in [0.1, 0.15) is 11.4 Å². The Balaban J connectivity index is 1.58. The second-order valence-electron chi connectivity index (χ2n) is 7.58. The molecule has 0 aliphatic carbocycles. The molecular weight excluding hydrogens is 410 g/mol. The fourth-order valence-electron chi connectivity index (χ4n) is 3.95. The first-order chi connectivity index (χ1) is 15.0. The second kappa shape index (κ2) is 9.27. The van der Waals surface area contributed by atoms with E-state index >= 15 is 0 Å². The number of fused-ring (bicyclic) bond motifs is 1. The first kappa shape index (κ1) is 21.0. The van der Waals surface area contributed by atoms with E-state index < -0.39 is 5.97 Å². The molecule has 5 heteroatoms. The van der Waals surface area contributed by atoms with E-state index in [2.05, 4.69) is 0 Å². The number of ether oxygens (including phenoxy) is 1. The molecule has 0 spiro atoms. The lowest BCUT2D eigenvalue weighted by molar-refractivity contribution is 0.0685. The quantitative estimate of drug-likeness (QED) is 0.329. The summed E-state index contributed by atoms with van der Waals surface area (Å²) < 4.78 is 7.77. The van der Waals surface area contributed by atoms with Crippen molar-refractivity contribution >= 4 is 28.5 Å². The number of hydrogen-bond acceptors (Lipinski definition) is 2. The molecule has 1 aromatic heterocycles. The van der Waals surface area contributed by atoms with Crippen molar-refractivity contribution in [3.8, 4) is 5.75 Å². The van der Waals surface area contributed by atoms with Gasteiger partial charge in [-0.1, -0.05) is 60.1 Å². The van der Waals surface area contributed by atoms with E-state index in [4.69, 9.17) is 16.3 Å². The van der Waals surface area contributed by atoms with Crippen LogP contribution in [0.15, 0.2) is 72.8 Å². The largest absolute Gasteiger partial charge is 0.494 e. The van der Waals surface area contributed by atoms with E-state index in [1.807, 2.05) is 84.3 Å². The molecule has 0 amide bonds. The summed E-state index contributed by atoms with van der Waals surface area (Å²) in [5.41, 5.74) is 4.19. The molecule has 4 aromatic rings. The van der Waals surface area contributed by atoms with Crippen LogP contribution in [0.1, 0.15) is 33.6 Å². The maximum Gasteiger partial charge on any atom is 0.352 e. The summed E-state index contributed by atoms with van der Waals surface area (Å²) in [6.07, 6.45) is 1.33. The molecular formula is C26H24ClNO3. The molecule has 31 heavy (non-hydrogen) atoms. The van der Waals surface area contributed by atoms with E-state index in [-0.39, 0.29) is 0 Å². The Kier molecular flexibility index (Phi) is 6.28. The average Bonchev–Trinajstić information content (AvgIpc) is 3.08. The van der Waals surface area contributed by atoms with Crippen LogP contribution in [0.2, 0.25) is 5.02 Å². The minimum atomic E-state index is -0.906. The van der Waals surface area contributed by atoms with Crippen molar-refractivity contribution in [2.75, 3.05) is 6.61 Å². The number of benzene rings is 3. The Morgan fingerprint density at radius 1 is 1.03 bits per heavy atom. The van der Waals surface area contributed by atoms with E-state index in [0.717, 1.165) is 33.3 Å². The zero-order chi connectivity index (χ0) is 21.8. The molecule has 0 fully saturated rings. The molecule has 0 unspecified atom stereocenters. The molecule has 0 aliphatic rings. The number of para-hydroxylation sites is 1. The summed E-state index contributed by atoms with van der Waals surface area (Å²) in [4.78, 5) is 12.3. The zero-order valence-electron chi connectivity index (χ0n) is 17.3. The van der Waals surface area contributed by atoms with Gasteiger partial charge in [-0.15, -0.1) is 0 Å². The van der Waals surface area contributed by atoms with Crippen LogP contribution >= 0.6 is 11.6 Å². The highest BCUT2D eigenvalue weighted by atomic mass is 35.5. The van der Waals surface area contributed by atoms with Gasteiger partial charge in [0.05, 0.1) is 6.61 Å². The van der Waals surface area contributed by atoms with E-state index in [1.54, 1.807) is 0 Å². The number of aromatic nitrogens is 1. The monoisotopic (exact) mass is 433 g/mol. The fourth-order valence-corrected chi connectivity index (χ4v) is 4.07. The Morgan fingerprint density at radius 2 is 1.77 bits per heavy atom. The van der Waals surface area contributed by atoms with Gasteiger partial charge in [-0.2, -0.15) is 0 Å². The van der Waals surface area contributed by atoms with Crippen LogP contribution in [0.4, 0.5) is 0 Å². The zero-order valence-corrected chi connectivity index (χ0v) is 18.1. The Morgan fingerprint density at radius 3 is 2.52 bits per heavy atom. The summed E-state index contributed by atoms with van der Waals surface area (Å²) in [6.45, 7) is 2.96. The highest BCUT2D eigenvalue weighted by Crippen LogP contribution is 2.29. The van der Waals surface area contributed by atoms with Crippen LogP contribution in [0.5, 0.6) is 5.75 Å². The van der Waals surface area contributed by atoms with Gasteiger partial charge >= 0.3 is 5.97 Å². The van der Waals surface area contributed by atoms with E-state index in [9.17, 15) is 9.90 Å². The van der Waals surface area contributed by atoms with Crippen molar-refractivity contribution in [3.63, 3.8) is 0 Å². The molecule has 158 valence electrons. The molecule has 0 saturated carbocycles. The number of aromatic carboxylic acids is 1. The summed E-state index contributed by atoms with van der Waals surface area (Å²) >= 11 is 6.07. The molecule has 0 aliphatic heterocycles. The van der Waals surface area contributed by atoms with Gasteiger partial charge in [0, 0.05) is 22.5 Å². The number of hydrogen-bond donors (Lipinski definition) is 1. The van der Waals surface area contributed by atoms with E-state index in [0.29, 0.717) is 36.7 Å². The Hall–Kier alpha value is -3.24. The van der Waals surface area contributed by atoms with Crippen molar-refractivity contribution in [2.45, 2.75) is 26.3 Å². The van der Waals surface area contributed by atoms with Gasteiger partial charge in [0.25, 0.3) is 0 Å². The van der Waals surface area contributed by atoms with Gasteiger partial charge < -0.3 is 14.4 Å². The number of aryl methyl sites for hydroxylation is 2. The normalized spacial score (nSPS) is 11.0. The summed E-state index contributed by atoms with van der Waals surface area (Å²) in [5, 5.41) is 11.7. The number of carboxylic acids is 1. The van der Waals surface area contributed by atoms with Crippen molar-refractivity contribution in [1.82, 2.24) is 4.57 Å². The standard InChI is InChI=1S/C26H24ClNO3/c1-18-16-20(13-14-23(18)27)31-15-7-11-22-21-10-5-6-12-24(21)28(25(22)26(29)30)17-19-8-3-2-4-9-19/h2-6,8-10,12-14,16H,7,11,15,17H2,1H3,(H,29,30). The molecule has 4 rings (SSSR count). The van der Waals surface area contributed by atoms with E-state index in [1.165, 1.54) is 0 Å². The third-order valence-corrected chi connectivity index (χ3v) is 5.86. The van der Waals surface area contributed by atoms with Crippen LogP contribution in [-0.4, -0.2) is 22.2 Å². The molecule has 0 atom stereocenters. The van der Waals surface area contributed by atoms with Gasteiger partial charge in [-0.25, -0.2) is 4.79 Å². The minimum Gasteiger partial charge on any atom is -0.494 e. The molecule has 1 N–H and O–H groups in total. The third kappa shape index (κ3) is 4.59. The fraction of sp³-hybridized carbons (Fsp3) is 0.192. The SMILES string of the molecule is Cc1cc(OCCCc2c(C(=O)O)n(Cc3ccccc3)c3ccccc23)ccc1Cl. The summed E-state index contributed by atoms with van der Waals surface area (Å²) in [6, 6.07) is 23.4. The number of nitrogens with zero attached hydrogens (tertiary/aromatic N) is 1.